The van der Waals surface area contributed by atoms with Gasteiger partial charge < -0.3 is 18.0 Å². The van der Waals surface area contributed by atoms with Gasteiger partial charge in [0.1, 0.15) is 5.60 Å². The van der Waals surface area contributed by atoms with Gasteiger partial charge in [-0.1, -0.05) is 102 Å². The minimum atomic E-state index is -2.29. The Balaban J connectivity index is 7.53. The van der Waals surface area contributed by atoms with Crippen LogP contribution in [0.15, 0.2) is 24.3 Å². The molecule has 4 atom stereocenters. The maximum absolute atomic E-state index is 13.6. The van der Waals surface area contributed by atoms with Crippen LogP contribution in [0.3, 0.4) is 0 Å². The van der Waals surface area contributed by atoms with Crippen LogP contribution in [0.4, 0.5) is 0 Å². The number of carbonyl (C=O) groups excluding carboxylic acids is 1. The van der Waals surface area contributed by atoms with Crippen molar-refractivity contribution in [2.45, 2.75) is 196 Å². The molecule has 0 rings (SSSR count). The van der Waals surface area contributed by atoms with Gasteiger partial charge in [-0.25, -0.2) is 0 Å². The third kappa shape index (κ3) is 12.5. The molecule has 0 bridgehead atoms. The van der Waals surface area contributed by atoms with E-state index in [2.05, 4.69) is 129 Å². The second-order valence-corrected chi connectivity index (χ2v) is 32.3. The van der Waals surface area contributed by atoms with Crippen molar-refractivity contribution in [1.29, 1.82) is 0 Å². The molecule has 8 heteroatoms. The molecule has 0 spiro atoms. The van der Waals surface area contributed by atoms with Crippen LogP contribution in [0.25, 0.3) is 0 Å². The Morgan fingerprint density at radius 1 is 0.756 bits per heavy atom. The van der Waals surface area contributed by atoms with Gasteiger partial charge >= 0.3 is 5.97 Å². The molecule has 5 nitrogen and oxygen atoms in total. The number of rotatable bonds is 17. The number of allylic oxidation sites excluding steroid dienone is 2. The van der Waals surface area contributed by atoms with E-state index in [1.165, 1.54) is 0 Å². The molecular weight excluding hydrogens is 609 g/mol. The molecule has 0 radical (unpaired) electrons. The lowest BCUT2D eigenvalue weighted by Gasteiger charge is -2.52. The van der Waals surface area contributed by atoms with Crippen LogP contribution < -0.4 is 0 Å². The lowest BCUT2D eigenvalue weighted by Crippen LogP contribution is -2.58. The highest BCUT2D eigenvalue weighted by molar-refractivity contribution is 6.74. The monoisotopic (exact) mass is 685 g/mol. The summed E-state index contributed by atoms with van der Waals surface area (Å²) >= 11 is 0. The Labute approximate surface area is 284 Å². The average molecular weight is 685 g/mol. The van der Waals surface area contributed by atoms with Gasteiger partial charge in [0, 0.05) is 11.3 Å². The molecule has 0 aliphatic heterocycles. The Morgan fingerprint density at radius 3 is 1.53 bits per heavy atom. The topological polar surface area (TPSA) is 54.0 Å². The standard InChI is InChI=1S/C37H76O5Si3/c1-22-26-28(5)32(41-44(20,21)36(13,14)15)29(6)33(42-45(23-2,24-3)25-4)37(16,17)30(27-31(38)39-34(7,8)9)40-43(18,19)35(10,11)12/h22,26,29-30,32-33H,1,23-25,27H2,2-21H3/b28-26+/t29-,30-,32+,33+/m1/s1. The summed E-state index contributed by atoms with van der Waals surface area (Å²) in [5, 5.41) is 0.0218. The van der Waals surface area contributed by atoms with Gasteiger partial charge in [-0.05, 0) is 87.7 Å². The number of hydrogen-bond acceptors (Lipinski definition) is 5. The summed E-state index contributed by atoms with van der Waals surface area (Å²) in [6.45, 7) is 48.4. The van der Waals surface area contributed by atoms with E-state index in [1.807, 2.05) is 26.8 Å². The molecule has 0 unspecified atom stereocenters. The van der Waals surface area contributed by atoms with Crippen molar-refractivity contribution < 1.29 is 22.8 Å². The molecule has 45 heavy (non-hydrogen) atoms. The molecule has 0 amide bonds. The first-order valence-corrected chi connectivity index (χ1v) is 25.9. The van der Waals surface area contributed by atoms with E-state index in [0.717, 1.165) is 23.7 Å². The van der Waals surface area contributed by atoms with Crippen molar-refractivity contribution in [1.82, 2.24) is 0 Å². The zero-order valence-corrected chi connectivity index (χ0v) is 36.5. The predicted molar refractivity (Wildman–Crippen MR) is 204 cm³/mol. The first-order chi connectivity index (χ1) is 20.0. The molecular formula is C37H76O5Si3. The van der Waals surface area contributed by atoms with Crippen LogP contribution >= 0.6 is 0 Å². The smallest absolute Gasteiger partial charge is 0.308 e. The average Bonchev–Trinajstić information content (AvgIpc) is 2.85. The van der Waals surface area contributed by atoms with Crippen molar-refractivity contribution in [2.75, 3.05) is 0 Å². The first-order valence-electron chi connectivity index (χ1n) is 17.5. The Hall–Kier alpha value is -0.519. The summed E-state index contributed by atoms with van der Waals surface area (Å²) in [6.07, 6.45) is 3.35. The third-order valence-electron chi connectivity index (χ3n) is 10.9. The predicted octanol–water partition coefficient (Wildman–Crippen LogP) is 11.7. The second kappa shape index (κ2) is 16.3. The lowest BCUT2D eigenvalue weighted by atomic mass is 9.72. The maximum atomic E-state index is 13.6. The van der Waals surface area contributed by atoms with Gasteiger partial charge in [0.2, 0.25) is 0 Å². The molecule has 0 aliphatic rings. The number of hydrogen-bond donors (Lipinski definition) is 0. The van der Waals surface area contributed by atoms with E-state index in [-0.39, 0.29) is 40.6 Å². The highest BCUT2D eigenvalue weighted by atomic mass is 28.4. The Kier molecular flexibility index (Phi) is 16.1. The molecule has 0 aromatic carbocycles. The van der Waals surface area contributed by atoms with Crippen molar-refractivity contribution in [3.63, 3.8) is 0 Å². The minimum Gasteiger partial charge on any atom is -0.460 e. The number of carbonyl (C=O) groups is 1. The van der Waals surface area contributed by atoms with Crippen molar-refractivity contribution in [3.8, 4) is 0 Å². The van der Waals surface area contributed by atoms with Gasteiger partial charge in [-0.2, -0.15) is 0 Å². The van der Waals surface area contributed by atoms with Crippen LogP contribution in [0.5, 0.6) is 0 Å². The zero-order valence-electron chi connectivity index (χ0n) is 33.5. The molecule has 0 aliphatic carbocycles. The van der Waals surface area contributed by atoms with Gasteiger partial charge in [-0.3, -0.25) is 4.79 Å². The maximum Gasteiger partial charge on any atom is 0.308 e. The van der Waals surface area contributed by atoms with Gasteiger partial charge in [0.15, 0.2) is 25.0 Å². The summed E-state index contributed by atoms with van der Waals surface area (Å²) in [6, 6.07) is 3.11. The Morgan fingerprint density at radius 2 is 1.18 bits per heavy atom. The summed E-state index contributed by atoms with van der Waals surface area (Å²) in [5.74, 6) is -0.238. The van der Waals surface area contributed by atoms with Crippen molar-refractivity contribution >= 4 is 30.9 Å². The molecule has 0 aromatic rings. The van der Waals surface area contributed by atoms with E-state index in [0.29, 0.717) is 0 Å². The Bertz CT molecular complexity index is 967. The minimum absolute atomic E-state index is 0.00833. The summed E-state index contributed by atoms with van der Waals surface area (Å²) < 4.78 is 28.0. The summed E-state index contributed by atoms with van der Waals surface area (Å²) in [4.78, 5) is 13.6. The fourth-order valence-corrected chi connectivity index (χ4v) is 11.4. The van der Waals surface area contributed by atoms with E-state index in [1.54, 1.807) is 0 Å². The molecule has 0 saturated heterocycles. The van der Waals surface area contributed by atoms with Gasteiger partial charge in [0.05, 0.1) is 24.7 Å². The SMILES string of the molecule is C=C/C=C(\C)[C@H](O[Si](C)(C)C(C)(C)C)[C@@H](C)[C@H](O[Si](CC)(CC)CC)C(C)(C)[C@@H](CC(=O)OC(C)(C)C)O[Si](C)(C)C(C)(C)C. The van der Waals surface area contributed by atoms with Crippen LogP contribution in [-0.4, -0.2) is 54.8 Å². The van der Waals surface area contributed by atoms with E-state index >= 15 is 0 Å². The second-order valence-electron chi connectivity index (χ2n) is 18.1. The highest BCUT2D eigenvalue weighted by Crippen LogP contribution is 2.47. The molecule has 0 N–H and O–H groups in total. The fraction of sp³-hybridized carbons (Fsp3) is 0.865. The molecule has 0 saturated carbocycles. The van der Waals surface area contributed by atoms with E-state index in [9.17, 15) is 4.79 Å². The van der Waals surface area contributed by atoms with Crippen molar-refractivity contribution in [3.05, 3.63) is 24.3 Å². The molecule has 266 valence electrons. The lowest BCUT2D eigenvalue weighted by molar-refractivity contribution is -0.160. The quantitative estimate of drug-likeness (QED) is 0.0867. The van der Waals surface area contributed by atoms with E-state index < -0.39 is 42.1 Å². The first kappa shape index (κ1) is 44.5. The molecule has 0 fully saturated rings. The number of esters is 1. The fourth-order valence-electron chi connectivity index (χ4n) is 5.46. The van der Waals surface area contributed by atoms with Crippen LogP contribution in [0, 0.1) is 11.3 Å². The van der Waals surface area contributed by atoms with Gasteiger partial charge in [-0.15, -0.1) is 0 Å². The van der Waals surface area contributed by atoms with Gasteiger partial charge in [0.25, 0.3) is 0 Å². The van der Waals surface area contributed by atoms with Crippen LogP contribution in [0.1, 0.15) is 117 Å². The molecule has 0 aromatic heterocycles. The number of ether oxygens (including phenoxy) is 1. The zero-order chi connectivity index (χ0) is 36.0. The van der Waals surface area contributed by atoms with Crippen LogP contribution in [-0.2, 0) is 22.8 Å². The summed E-state index contributed by atoms with van der Waals surface area (Å²) in [5.41, 5.74) is 0.0418. The third-order valence-corrected chi connectivity index (χ3v) is 24.5. The normalized spacial score (nSPS) is 17.5. The summed E-state index contributed by atoms with van der Waals surface area (Å²) in [7, 11) is -6.58. The highest BCUT2D eigenvalue weighted by Gasteiger charge is 2.52. The van der Waals surface area contributed by atoms with Crippen molar-refractivity contribution in [2.24, 2.45) is 11.3 Å². The molecule has 0 heterocycles. The largest absolute Gasteiger partial charge is 0.460 e. The van der Waals surface area contributed by atoms with E-state index in [4.69, 9.17) is 18.0 Å². The van der Waals surface area contributed by atoms with Crippen LogP contribution in [0.2, 0.25) is 54.4 Å².